The molecule has 3 heteroatoms. The van der Waals surface area contributed by atoms with Gasteiger partial charge in [0.2, 0.25) is 0 Å². The summed E-state index contributed by atoms with van der Waals surface area (Å²) in [6, 6.07) is 3.81. The second-order valence-corrected chi connectivity index (χ2v) is 3.18. The van der Waals surface area contributed by atoms with Crippen molar-refractivity contribution < 1.29 is 5.11 Å². The van der Waals surface area contributed by atoms with Gasteiger partial charge in [-0.3, -0.25) is 4.98 Å². The fourth-order valence-electron chi connectivity index (χ4n) is 1.20. The zero-order valence-corrected chi connectivity index (χ0v) is 7.78. The maximum atomic E-state index is 8.99. The molecule has 1 heterocycles. The van der Waals surface area contributed by atoms with Crippen molar-refractivity contribution in [2.24, 2.45) is 0 Å². The lowest BCUT2D eigenvalue weighted by atomic mass is 10.0. The summed E-state index contributed by atoms with van der Waals surface area (Å²) >= 11 is 0. The second kappa shape index (κ2) is 4.01. The summed E-state index contributed by atoms with van der Waals surface area (Å²) in [6.07, 6.45) is 1.48. The van der Waals surface area contributed by atoms with E-state index in [9.17, 15) is 0 Å². The van der Waals surface area contributed by atoms with E-state index in [0.29, 0.717) is 11.3 Å². The average Bonchev–Trinajstić information content (AvgIpc) is 2.16. The first kappa shape index (κ1) is 9.69. The van der Waals surface area contributed by atoms with Crippen LogP contribution < -0.4 is 0 Å². The fourth-order valence-corrected chi connectivity index (χ4v) is 1.20. The lowest BCUT2D eigenvalue weighted by Gasteiger charge is -2.09. The lowest BCUT2D eigenvalue weighted by molar-refractivity contribution is 0.275. The smallest absolute Gasteiger partial charge is 0.101 e. The molecule has 0 atom stereocenters. The highest BCUT2D eigenvalue weighted by atomic mass is 16.3. The Balaban J connectivity index is 3.20. The number of nitriles is 1. The molecule has 0 radical (unpaired) electrons. The number of aliphatic hydroxyl groups excluding tert-OH is 1. The van der Waals surface area contributed by atoms with Crippen LogP contribution in [0.15, 0.2) is 12.3 Å². The van der Waals surface area contributed by atoms with Crippen molar-refractivity contribution in [3.05, 3.63) is 29.1 Å². The molecule has 0 aliphatic heterocycles. The molecule has 1 rings (SSSR count). The van der Waals surface area contributed by atoms with Crippen molar-refractivity contribution in [1.29, 1.82) is 5.26 Å². The molecule has 1 aromatic heterocycles. The molecular weight excluding hydrogens is 164 g/mol. The van der Waals surface area contributed by atoms with Crippen molar-refractivity contribution in [2.45, 2.75) is 26.4 Å². The fraction of sp³-hybridized carbons (Fsp3) is 0.400. The summed E-state index contributed by atoms with van der Waals surface area (Å²) < 4.78 is 0. The van der Waals surface area contributed by atoms with Crippen LogP contribution in [0.3, 0.4) is 0 Å². The summed E-state index contributed by atoms with van der Waals surface area (Å²) in [4.78, 5) is 4.02. The lowest BCUT2D eigenvalue weighted by Crippen LogP contribution is -2.00. The van der Waals surface area contributed by atoms with Gasteiger partial charge in [-0.25, -0.2) is 0 Å². The first-order valence-corrected chi connectivity index (χ1v) is 4.18. The van der Waals surface area contributed by atoms with E-state index in [1.54, 1.807) is 6.07 Å². The first-order chi connectivity index (χ1) is 6.19. The van der Waals surface area contributed by atoms with Gasteiger partial charge in [0.25, 0.3) is 0 Å². The number of nitrogens with zero attached hydrogens (tertiary/aromatic N) is 2. The maximum absolute atomic E-state index is 8.99. The summed E-state index contributed by atoms with van der Waals surface area (Å²) in [5.74, 6) is 0.281. The van der Waals surface area contributed by atoms with Gasteiger partial charge in [-0.2, -0.15) is 5.26 Å². The van der Waals surface area contributed by atoms with Crippen LogP contribution in [0.5, 0.6) is 0 Å². The minimum absolute atomic E-state index is 0.0702. The standard InChI is InChI=1S/C10H12N2O/c1-7(2)9-3-8(4-11)5-12-10(9)6-13/h3,5,7,13H,6H2,1-2H3. The van der Waals surface area contributed by atoms with Crippen molar-refractivity contribution in [3.63, 3.8) is 0 Å². The van der Waals surface area contributed by atoms with E-state index in [1.165, 1.54) is 6.20 Å². The zero-order chi connectivity index (χ0) is 9.84. The van der Waals surface area contributed by atoms with Gasteiger partial charge in [0.1, 0.15) is 6.07 Å². The van der Waals surface area contributed by atoms with E-state index in [4.69, 9.17) is 10.4 Å². The van der Waals surface area contributed by atoms with Crippen LogP contribution >= 0.6 is 0 Å². The third-order valence-electron chi connectivity index (χ3n) is 1.90. The number of aliphatic hydroxyl groups is 1. The molecular formula is C10H12N2O. The third-order valence-corrected chi connectivity index (χ3v) is 1.90. The highest BCUT2D eigenvalue weighted by Crippen LogP contribution is 2.18. The largest absolute Gasteiger partial charge is 0.390 e. The number of rotatable bonds is 2. The Bertz CT molecular complexity index is 339. The van der Waals surface area contributed by atoms with Gasteiger partial charge in [0.05, 0.1) is 17.9 Å². The van der Waals surface area contributed by atoms with Gasteiger partial charge in [-0.15, -0.1) is 0 Å². The van der Waals surface area contributed by atoms with Crippen molar-refractivity contribution >= 4 is 0 Å². The van der Waals surface area contributed by atoms with Crippen molar-refractivity contribution in [2.75, 3.05) is 0 Å². The van der Waals surface area contributed by atoms with Crippen LogP contribution in [0.2, 0.25) is 0 Å². The molecule has 0 aliphatic carbocycles. The average molecular weight is 176 g/mol. The Hall–Kier alpha value is -1.40. The molecule has 0 saturated carbocycles. The van der Waals surface area contributed by atoms with Crippen LogP contribution in [0.4, 0.5) is 0 Å². The molecule has 1 aromatic rings. The zero-order valence-electron chi connectivity index (χ0n) is 7.78. The molecule has 68 valence electrons. The molecule has 0 aliphatic rings. The Labute approximate surface area is 77.7 Å². The Morgan fingerprint density at radius 1 is 1.62 bits per heavy atom. The van der Waals surface area contributed by atoms with Crippen LogP contribution in [0.1, 0.15) is 36.6 Å². The molecule has 0 bridgehead atoms. The highest BCUT2D eigenvalue weighted by Gasteiger charge is 2.07. The Morgan fingerprint density at radius 2 is 2.31 bits per heavy atom. The molecule has 1 N–H and O–H groups in total. The van der Waals surface area contributed by atoms with Crippen molar-refractivity contribution in [1.82, 2.24) is 4.98 Å². The Morgan fingerprint density at radius 3 is 2.77 bits per heavy atom. The van der Waals surface area contributed by atoms with Gasteiger partial charge in [-0.05, 0) is 17.5 Å². The predicted molar refractivity (Wildman–Crippen MR) is 49.0 cm³/mol. The molecule has 0 unspecified atom stereocenters. The number of hydrogen-bond acceptors (Lipinski definition) is 3. The summed E-state index contributed by atoms with van der Waals surface area (Å²) in [6.45, 7) is 3.95. The van der Waals surface area contributed by atoms with Crippen molar-refractivity contribution in [3.8, 4) is 6.07 Å². The molecule has 0 fully saturated rings. The van der Waals surface area contributed by atoms with Crippen LogP contribution in [-0.2, 0) is 6.61 Å². The van der Waals surface area contributed by atoms with E-state index < -0.39 is 0 Å². The summed E-state index contributed by atoms with van der Waals surface area (Å²) in [7, 11) is 0. The molecule has 3 nitrogen and oxygen atoms in total. The number of pyridine rings is 1. The van der Waals surface area contributed by atoms with Crippen LogP contribution in [-0.4, -0.2) is 10.1 Å². The number of hydrogen-bond donors (Lipinski definition) is 1. The van der Waals surface area contributed by atoms with Gasteiger partial charge in [-0.1, -0.05) is 13.8 Å². The van der Waals surface area contributed by atoms with Gasteiger partial charge >= 0.3 is 0 Å². The van der Waals surface area contributed by atoms with Gasteiger partial charge < -0.3 is 5.11 Å². The van der Waals surface area contributed by atoms with Gasteiger partial charge in [0.15, 0.2) is 0 Å². The topological polar surface area (TPSA) is 56.9 Å². The summed E-state index contributed by atoms with van der Waals surface area (Å²) in [5.41, 5.74) is 2.15. The predicted octanol–water partition coefficient (Wildman–Crippen LogP) is 1.57. The van der Waals surface area contributed by atoms with E-state index in [-0.39, 0.29) is 12.5 Å². The maximum Gasteiger partial charge on any atom is 0.101 e. The minimum atomic E-state index is -0.0702. The van der Waals surface area contributed by atoms with Crippen LogP contribution in [0, 0.1) is 11.3 Å². The highest BCUT2D eigenvalue weighted by molar-refractivity contribution is 5.34. The second-order valence-electron chi connectivity index (χ2n) is 3.18. The molecule has 0 spiro atoms. The van der Waals surface area contributed by atoms with Gasteiger partial charge in [0, 0.05) is 6.20 Å². The van der Waals surface area contributed by atoms with E-state index >= 15 is 0 Å². The molecule has 0 saturated heterocycles. The molecule has 13 heavy (non-hydrogen) atoms. The molecule has 0 aromatic carbocycles. The number of aromatic nitrogens is 1. The minimum Gasteiger partial charge on any atom is -0.390 e. The van der Waals surface area contributed by atoms with E-state index in [0.717, 1.165) is 5.56 Å². The Kier molecular flexibility index (Phi) is 2.99. The normalized spacial score (nSPS) is 10.1. The van der Waals surface area contributed by atoms with E-state index in [2.05, 4.69) is 4.98 Å². The van der Waals surface area contributed by atoms with Crippen LogP contribution in [0.25, 0.3) is 0 Å². The summed E-state index contributed by atoms with van der Waals surface area (Å²) in [5, 5.41) is 17.6. The van der Waals surface area contributed by atoms with E-state index in [1.807, 2.05) is 19.9 Å². The monoisotopic (exact) mass is 176 g/mol. The first-order valence-electron chi connectivity index (χ1n) is 4.18. The third kappa shape index (κ3) is 2.04. The quantitative estimate of drug-likeness (QED) is 0.744. The SMILES string of the molecule is CC(C)c1cc(C#N)cnc1CO. The molecule has 0 amide bonds.